The highest BCUT2D eigenvalue weighted by atomic mass is 32.2. The lowest BCUT2D eigenvalue weighted by Crippen LogP contribution is -2.57. The normalized spacial score (nSPS) is 29.4. The summed E-state index contributed by atoms with van der Waals surface area (Å²) in [5.41, 5.74) is -0.657. The van der Waals surface area contributed by atoms with Crippen LogP contribution >= 0.6 is 0 Å². The Balaban J connectivity index is 2.29. The Hall–Kier alpha value is -1.35. The van der Waals surface area contributed by atoms with Crippen LogP contribution in [-0.2, 0) is 28.6 Å². The van der Waals surface area contributed by atoms with Crippen LogP contribution in [0.4, 0.5) is 4.79 Å². The molecule has 0 radical (unpaired) electrons. The summed E-state index contributed by atoms with van der Waals surface area (Å²) in [6, 6.07) is -0.698. The monoisotopic (exact) mass is 377 g/mol. The fraction of sp³-hybridized carbons (Fsp3) is 0.875. The molecular formula is C16H27NO7S. The molecule has 0 N–H and O–H groups in total. The van der Waals surface area contributed by atoms with Gasteiger partial charge in [0.05, 0.1) is 25.0 Å². The van der Waals surface area contributed by atoms with Crippen LogP contribution < -0.4 is 0 Å². The number of nitrogens with zero attached hydrogens (tertiary/aromatic N) is 1. The third-order valence-electron chi connectivity index (χ3n) is 4.33. The standard InChI is InChI=1S/C16H27NO7S/c1-6-22-14(18)13-11-8-7-10(9-12(13)24-25(5,20)21)17(11)15(19)23-16(2,3)4/h10-13H,6-9H2,1-5H3. The summed E-state index contributed by atoms with van der Waals surface area (Å²) in [6.07, 6.45) is 1.14. The largest absolute Gasteiger partial charge is 0.466 e. The van der Waals surface area contributed by atoms with Gasteiger partial charge in [-0.15, -0.1) is 0 Å². The van der Waals surface area contributed by atoms with Crippen molar-refractivity contribution in [2.45, 2.75) is 70.7 Å². The first kappa shape index (κ1) is 20.0. The Labute approximate surface area is 148 Å². The van der Waals surface area contributed by atoms with Crippen LogP contribution in [0.3, 0.4) is 0 Å². The van der Waals surface area contributed by atoms with E-state index in [1.54, 1.807) is 32.6 Å². The van der Waals surface area contributed by atoms with E-state index in [2.05, 4.69) is 0 Å². The number of esters is 1. The molecule has 0 aliphatic carbocycles. The van der Waals surface area contributed by atoms with Crippen LogP contribution in [0, 0.1) is 5.92 Å². The van der Waals surface area contributed by atoms with E-state index in [0.717, 1.165) is 6.26 Å². The van der Waals surface area contributed by atoms with Crippen LogP contribution in [0.5, 0.6) is 0 Å². The molecule has 0 spiro atoms. The molecule has 2 rings (SSSR count). The summed E-state index contributed by atoms with van der Waals surface area (Å²) in [5.74, 6) is -1.39. The maximum atomic E-state index is 12.6. The molecule has 2 fully saturated rings. The van der Waals surface area contributed by atoms with Crippen LogP contribution in [0.25, 0.3) is 0 Å². The van der Waals surface area contributed by atoms with Gasteiger partial charge in [0.15, 0.2) is 0 Å². The molecule has 8 nitrogen and oxygen atoms in total. The predicted molar refractivity (Wildman–Crippen MR) is 89.3 cm³/mol. The minimum absolute atomic E-state index is 0.170. The van der Waals surface area contributed by atoms with E-state index in [1.165, 1.54) is 0 Å². The third kappa shape index (κ3) is 4.84. The number of amides is 1. The van der Waals surface area contributed by atoms with Crippen molar-refractivity contribution >= 4 is 22.2 Å². The topological polar surface area (TPSA) is 99.2 Å². The average molecular weight is 377 g/mol. The van der Waals surface area contributed by atoms with Gasteiger partial charge in [0.25, 0.3) is 10.1 Å². The first-order chi connectivity index (χ1) is 11.4. The van der Waals surface area contributed by atoms with Crippen molar-refractivity contribution in [2.24, 2.45) is 5.92 Å². The highest BCUT2D eigenvalue weighted by Crippen LogP contribution is 2.42. The van der Waals surface area contributed by atoms with Gasteiger partial charge in [0.1, 0.15) is 11.5 Å². The number of hydrogen-bond donors (Lipinski definition) is 0. The molecule has 4 unspecified atom stereocenters. The Morgan fingerprint density at radius 2 is 1.84 bits per heavy atom. The van der Waals surface area contributed by atoms with Crippen molar-refractivity contribution < 1.29 is 31.7 Å². The number of fused-ring (bicyclic) bond motifs is 2. The first-order valence-electron chi connectivity index (χ1n) is 8.49. The number of rotatable bonds is 4. The number of carbonyl (C=O) groups is 2. The first-order valence-corrected chi connectivity index (χ1v) is 10.3. The minimum Gasteiger partial charge on any atom is -0.466 e. The van der Waals surface area contributed by atoms with Gasteiger partial charge in [-0.3, -0.25) is 8.98 Å². The van der Waals surface area contributed by atoms with Crippen molar-refractivity contribution in [2.75, 3.05) is 12.9 Å². The van der Waals surface area contributed by atoms with Crippen LogP contribution in [0.15, 0.2) is 0 Å². The molecule has 2 aliphatic heterocycles. The molecule has 2 saturated heterocycles. The molecule has 4 atom stereocenters. The lowest BCUT2D eigenvalue weighted by Gasteiger charge is -2.42. The predicted octanol–water partition coefficient (Wildman–Crippen LogP) is 1.68. The summed E-state index contributed by atoms with van der Waals surface area (Å²) < 4.78 is 38.9. The summed E-state index contributed by atoms with van der Waals surface area (Å²) >= 11 is 0. The number of piperidine rings is 1. The van der Waals surface area contributed by atoms with E-state index >= 15 is 0 Å². The highest BCUT2D eigenvalue weighted by molar-refractivity contribution is 7.86. The maximum absolute atomic E-state index is 12.6. The number of carbonyl (C=O) groups excluding carboxylic acids is 2. The molecular weight excluding hydrogens is 350 g/mol. The minimum atomic E-state index is -3.73. The summed E-state index contributed by atoms with van der Waals surface area (Å²) in [6.45, 7) is 7.17. The van der Waals surface area contributed by atoms with Gasteiger partial charge in [-0.2, -0.15) is 8.42 Å². The molecule has 0 aromatic carbocycles. The Morgan fingerprint density at radius 1 is 1.20 bits per heavy atom. The van der Waals surface area contributed by atoms with E-state index in [9.17, 15) is 18.0 Å². The highest BCUT2D eigenvalue weighted by Gasteiger charge is 2.54. The number of ether oxygens (including phenoxy) is 2. The summed E-state index contributed by atoms with van der Waals surface area (Å²) in [7, 11) is -3.73. The van der Waals surface area contributed by atoms with Gasteiger partial charge in [0.2, 0.25) is 0 Å². The van der Waals surface area contributed by atoms with Crippen LogP contribution in [0.1, 0.15) is 47.0 Å². The summed E-state index contributed by atoms with van der Waals surface area (Å²) in [4.78, 5) is 26.6. The molecule has 2 aliphatic rings. The third-order valence-corrected chi connectivity index (χ3v) is 4.92. The molecule has 2 bridgehead atoms. The van der Waals surface area contributed by atoms with Crippen molar-refractivity contribution in [3.8, 4) is 0 Å². The van der Waals surface area contributed by atoms with Crippen LogP contribution in [-0.4, -0.2) is 62.0 Å². The van der Waals surface area contributed by atoms with E-state index in [4.69, 9.17) is 13.7 Å². The molecule has 9 heteroatoms. The SMILES string of the molecule is CCOC(=O)C1C(OS(C)(=O)=O)CC2CCC1N2C(=O)OC(C)(C)C. The van der Waals surface area contributed by atoms with Crippen LogP contribution in [0.2, 0.25) is 0 Å². The maximum Gasteiger partial charge on any atom is 0.410 e. The zero-order valence-corrected chi connectivity index (χ0v) is 16.2. The second-order valence-corrected chi connectivity index (χ2v) is 9.14. The van der Waals surface area contributed by atoms with Crippen molar-refractivity contribution in [1.29, 1.82) is 0 Å². The molecule has 1 amide bonds. The molecule has 144 valence electrons. The average Bonchev–Trinajstić information content (AvgIpc) is 2.71. The quantitative estimate of drug-likeness (QED) is 0.543. The van der Waals surface area contributed by atoms with Gasteiger partial charge in [-0.05, 0) is 47.0 Å². The van der Waals surface area contributed by atoms with E-state index in [1.807, 2.05) is 0 Å². The van der Waals surface area contributed by atoms with E-state index < -0.39 is 45.8 Å². The van der Waals surface area contributed by atoms with Crippen molar-refractivity contribution in [3.05, 3.63) is 0 Å². The van der Waals surface area contributed by atoms with Gasteiger partial charge >= 0.3 is 12.1 Å². The zero-order chi connectivity index (χ0) is 19.0. The van der Waals surface area contributed by atoms with Gasteiger partial charge in [0, 0.05) is 6.04 Å². The molecule has 0 saturated carbocycles. The molecule has 2 heterocycles. The van der Waals surface area contributed by atoms with E-state index in [0.29, 0.717) is 12.8 Å². The van der Waals surface area contributed by atoms with E-state index in [-0.39, 0.29) is 19.1 Å². The van der Waals surface area contributed by atoms with Crippen molar-refractivity contribution in [1.82, 2.24) is 4.90 Å². The summed E-state index contributed by atoms with van der Waals surface area (Å²) in [5, 5.41) is 0. The lowest BCUT2D eigenvalue weighted by molar-refractivity contribution is -0.156. The van der Waals surface area contributed by atoms with Gasteiger partial charge in [-0.1, -0.05) is 0 Å². The lowest BCUT2D eigenvalue weighted by atomic mass is 9.87. The van der Waals surface area contributed by atoms with Gasteiger partial charge < -0.3 is 14.4 Å². The fourth-order valence-electron chi connectivity index (χ4n) is 3.63. The Morgan fingerprint density at radius 3 is 2.36 bits per heavy atom. The van der Waals surface area contributed by atoms with Crippen molar-refractivity contribution in [3.63, 3.8) is 0 Å². The smallest absolute Gasteiger partial charge is 0.410 e. The number of hydrogen-bond acceptors (Lipinski definition) is 7. The Kier molecular flexibility index (Phi) is 5.68. The second-order valence-electron chi connectivity index (χ2n) is 7.54. The fourth-order valence-corrected chi connectivity index (χ4v) is 4.28. The molecule has 0 aromatic heterocycles. The van der Waals surface area contributed by atoms with Gasteiger partial charge in [-0.25, -0.2) is 4.79 Å². The Bertz CT molecular complexity index is 625. The zero-order valence-electron chi connectivity index (χ0n) is 15.4. The molecule has 0 aromatic rings. The molecule has 25 heavy (non-hydrogen) atoms. The second kappa shape index (κ2) is 7.11.